The third-order valence-electron chi connectivity index (χ3n) is 4.68. The first-order valence-electron chi connectivity index (χ1n) is 9.06. The van der Waals surface area contributed by atoms with E-state index in [-0.39, 0.29) is 11.9 Å². The van der Waals surface area contributed by atoms with Crippen molar-refractivity contribution in [1.29, 1.82) is 0 Å². The quantitative estimate of drug-likeness (QED) is 0.768. The first kappa shape index (κ1) is 19.0. The third kappa shape index (κ3) is 4.85. The van der Waals surface area contributed by atoms with Crippen molar-refractivity contribution in [3.05, 3.63) is 64.7 Å². The Morgan fingerprint density at radius 2 is 1.68 bits per heavy atom. The maximum absolute atomic E-state index is 12.7. The molecule has 0 aliphatic rings. The molecule has 0 radical (unpaired) electrons. The van der Waals surface area contributed by atoms with Gasteiger partial charge in [-0.3, -0.25) is 4.79 Å². The number of amides is 1. The minimum atomic E-state index is -0.485. The van der Waals surface area contributed by atoms with E-state index in [4.69, 9.17) is 4.74 Å². The normalized spacial score (nSPS) is 13.2. The van der Waals surface area contributed by atoms with Gasteiger partial charge in [-0.15, -0.1) is 0 Å². The smallest absolute Gasteiger partial charge is 0.261 e. The molecule has 1 N–H and O–H groups in total. The van der Waals surface area contributed by atoms with Crippen LogP contribution in [0.1, 0.15) is 55.0 Å². The Labute approximate surface area is 151 Å². The van der Waals surface area contributed by atoms with Gasteiger partial charge in [0.05, 0.1) is 6.04 Å². The number of carbonyl (C=O) groups excluding carboxylic acids is 1. The van der Waals surface area contributed by atoms with Gasteiger partial charge in [0.25, 0.3) is 5.91 Å². The van der Waals surface area contributed by atoms with Crippen molar-refractivity contribution in [3.8, 4) is 5.75 Å². The molecule has 0 spiro atoms. The number of hydrogen-bond donors (Lipinski definition) is 1. The predicted molar refractivity (Wildman–Crippen MR) is 103 cm³/mol. The van der Waals surface area contributed by atoms with E-state index in [1.165, 1.54) is 11.1 Å². The second-order valence-electron chi connectivity index (χ2n) is 6.59. The lowest BCUT2D eigenvalue weighted by Gasteiger charge is -2.23. The lowest BCUT2D eigenvalue weighted by molar-refractivity contribution is -0.129. The van der Waals surface area contributed by atoms with Crippen molar-refractivity contribution < 1.29 is 9.53 Å². The van der Waals surface area contributed by atoms with Gasteiger partial charge < -0.3 is 10.1 Å². The zero-order valence-corrected chi connectivity index (χ0v) is 15.9. The van der Waals surface area contributed by atoms with Gasteiger partial charge in [-0.1, -0.05) is 50.2 Å². The fourth-order valence-electron chi connectivity index (χ4n) is 2.83. The van der Waals surface area contributed by atoms with Crippen LogP contribution in [-0.4, -0.2) is 12.0 Å². The van der Waals surface area contributed by atoms with Crippen molar-refractivity contribution in [2.45, 2.75) is 59.6 Å². The zero-order valence-electron chi connectivity index (χ0n) is 15.9. The largest absolute Gasteiger partial charge is 0.480 e. The molecule has 0 fully saturated rings. The second-order valence-corrected chi connectivity index (χ2v) is 6.59. The summed E-state index contributed by atoms with van der Waals surface area (Å²) in [6.45, 7) is 10.2. The highest BCUT2D eigenvalue weighted by Gasteiger charge is 2.22. The van der Waals surface area contributed by atoms with E-state index >= 15 is 0 Å². The SMILES string of the molecule is CC[C@H](Oc1ccccc1C)C(=O)N[C@H](CC)c1ccc(C)c(C)c1. The second kappa shape index (κ2) is 8.70. The molecule has 2 atom stereocenters. The van der Waals surface area contributed by atoms with Crippen LogP contribution in [0, 0.1) is 20.8 Å². The maximum atomic E-state index is 12.7. The summed E-state index contributed by atoms with van der Waals surface area (Å²) in [6.07, 6.45) is 0.986. The molecule has 0 saturated heterocycles. The van der Waals surface area contributed by atoms with E-state index in [2.05, 4.69) is 44.3 Å². The van der Waals surface area contributed by atoms with Gasteiger partial charge in [0.1, 0.15) is 5.75 Å². The Kier molecular flexibility index (Phi) is 6.63. The Hall–Kier alpha value is -2.29. The molecular formula is C22H29NO2. The van der Waals surface area contributed by atoms with Crippen LogP contribution in [0.3, 0.4) is 0 Å². The van der Waals surface area contributed by atoms with Crippen LogP contribution in [0.25, 0.3) is 0 Å². The van der Waals surface area contributed by atoms with Crippen LogP contribution in [-0.2, 0) is 4.79 Å². The first-order chi connectivity index (χ1) is 12.0. The van der Waals surface area contributed by atoms with Gasteiger partial charge in [-0.25, -0.2) is 0 Å². The van der Waals surface area contributed by atoms with Crippen LogP contribution >= 0.6 is 0 Å². The number of aryl methyl sites for hydroxylation is 3. The highest BCUT2D eigenvalue weighted by Crippen LogP contribution is 2.22. The van der Waals surface area contributed by atoms with E-state index in [1.807, 2.05) is 38.1 Å². The molecule has 2 aromatic rings. The lowest BCUT2D eigenvalue weighted by Crippen LogP contribution is -2.40. The number of nitrogens with one attached hydrogen (secondary N) is 1. The summed E-state index contributed by atoms with van der Waals surface area (Å²) in [4.78, 5) is 12.7. The molecule has 3 heteroatoms. The number of rotatable bonds is 7. The molecule has 0 aliphatic heterocycles. The van der Waals surface area contributed by atoms with Crippen LogP contribution in [0.15, 0.2) is 42.5 Å². The standard InChI is InChI=1S/C22H29NO2/c1-6-19(18-13-12-15(3)17(5)14-18)23-22(24)20(7-2)25-21-11-9-8-10-16(21)4/h8-14,19-20H,6-7H2,1-5H3,(H,23,24)/t19-,20+/m1/s1. The molecule has 1 amide bonds. The molecular weight excluding hydrogens is 310 g/mol. The van der Waals surface area contributed by atoms with Gasteiger partial charge in [0, 0.05) is 0 Å². The van der Waals surface area contributed by atoms with Gasteiger partial charge in [0.15, 0.2) is 6.10 Å². The van der Waals surface area contributed by atoms with Gasteiger partial charge >= 0.3 is 0 Å². The fraction of sp³-hybridized carbons (Fsp3) is 0.409. The molecule has 0 bridgehead atoms. The number of ether oxygens (including phenoxy) is 1. The molecule has 0 saturated carbocycles. The first-order valence-corrected chi connectivity index (χ1v) is 9.06. The molecule has 2 rings (SSSR count). The van der Waals surface area contributed by atoms with E-state index < -0.39 is 6.10 Å². The van der Waals surface area contributed by atoms with E-state index in [0.717, 1.165) is 23.3 Å². The van der Waals surface area contributed by atoms with Crippen molar-refractivity contribution in [1.82, 2.24) is 5.32 Å². The maximum Gasteiger partial charge on any atom is 0.261 e. The molecule has 2 aromatic carbocycles. The van der Waals surface area contributed by atoms with Crippen molar-refractivity contribution in [3.63, 3.8) is 0 Å². The number of carbonyl (C=O) groups is 1. The molecule has 0 unspecified atom stereocenters. The fourth-order valence-corrected chi connectivity index (χ4v) is 2.83. The molecule has 0 aliphatic carbocycles. The van der Waals surface area contributed by atoms with Crippen molar-refractivity contribution >= 4 is 5.91 Å². The monoisotopic (exact) mass is 339 g/mol. The predicted octanol–water partition coefficient (Wildman–Crippen LogP) is 5.04. The Bertz CT molecular complexity index is 724. The van der Waals surface area contributed by atoms with Gasteiger partial charge in [-0.05, 0) is 61.9 Å². The summed E-state index contributed by atoms with van der Waals surface area (Å²) in [7, 11) is 0. The zero-order chi connectivity index (χ0) is 18.4. The topological polar surface area (TPSA) is 38.3 Å². The number of hydrogen-bond acceptors (Lipinski definition) is 2. The van der Waals surface area contributed by atoms with Crippen LogP contribution in [0.5, 0.6) is 5.75 Å². The van der Waals surface area contributed by atoms with Crippen molar-refractivity contribution in [2.24, 2.45) is 0 Å². The van der Waals surface area contributed by atoms with E-state index in [1.54, 1.807) is 0 Å². The summed E-state index contributed by atoms with van der Waals surface area (Å²) >= 11 is 0. The summed E-state index contributed by atoms with van der Waals surface area (Å²) in [5.41, 5.74) is 4.69. The summed E-state index contributed by atoms with van der Waals surface area (Å²) < 4.78 is 5.97. The van der Waals surface area contributed by atoms with E-state index in [9.17, 15) is 4.79 Å². The summed E-state index contributed by atoms with van der Waals surface area (Å²) in [5.74, 6) is 0.708. The number of para-hydroxylation sites is 1. The summed E-state index contributed by atoms with van der Waals surface area (Å²) in [5, 5.41) is 3.16. The average molecular weight is 339 g/mol. The Morgan fingerprint density at radius 3 is 2.28 bits per heavy atom. The van der Waals surface area contributed by atoms with E-state index in [0.29, 0.717) is 6.42 Å². The minimum absolute atomic E-state index is 0.00122. The lowest BCUT2D eigenvalue weighted by atomic mass is 9.99. The Morgan fingerprint density at radius 1 is 0.960 bits per heavy atom. The minimum Gasteiger partial charge on any atom is -0.480 e. The van der Waals surface area contributed by atoms with Crippen LogP contribution in [0.4, 0.5) is 0 Å². The molecule has 25 heavy (non-hydrogen) atoms. The third-order valence-corrected chi connectivity index (χ3v) is 4.68. The van der Waals surface area contributed by atoms with Gasteiger partial charge in [-0.2, -0.15) is 0 Å². The van der Waals surface area contributed by atoms with Crippen molar-refractivity contribution in [2.75, 3.05) is 0 Å². The summed E-state index contributed by atoms with van der Waals surface area (Å²) in [6, 6.07) is 14.2. The Balaban J connectivity index is 2.11. The molecule has 0 aromatic heterocycles. The average Bonchev–Trinajstić information content (AvgIpc) is 2.61. The highest BCUT2D eigenvalue weighted by molar-refractivity contribution is 5.81. The highest BCUT2D eigenvalue weighted by atomic mass is 16.5. The molecule has 0 heterocycles. The number of benzene rings is 2. The molecule has 134 valence electrons. The van der Waals surface area contributed by atoms with Gasteiger partial charge in [0.2, 0.25) is 0 Å². The van der Waals surface area contributed by atoms with Crippen LogP contribution in [0.2, 0.25) is 0 Å². The molecule has 3 nitrogen and oxygen atoms in total. The van der Waals surface area contributed by atoms with Crippen LogP contribution < -0.4 is 10.1 Å².